The molecule has 1 heterocycles. The molecule has 8 heteroatoms. The molecule has 0 aliphatic heterocycles. The first-order chi connectivity index (χ1) is 14.4. The number of nitrogens with two attached hydrogens (primary N) is 2. The number of carbonyl (C=O) groups is 1. The Morgan fingerprint density at radius 3 is 2.60 bits per heavy atom. The Hall–Kier alpha value is -4.07. The highest BCUT2D eigenvalue weighted by Crippen LogP contribution is 2.20. The number of hydrogen-bond donors (Lipinski definition) is 3. The number of aromatic nitrogens is 2. The first-order valence-electron chi connectivity index (χ1n) is 9.24. The summed E-state index contributed by atoms with van der Waals surface area (Å²) in [5.74, 6) is 4.79. The number of nitrogen functional groups attached to an aromatic ring is 1. The Morgan fingerprint density at radius 2 is 1.87 bits per heavy atom. The Kier molecular flexibility index (Phi) is 6.49. The van der Waals surface area contributed by atoms with Crippen LogP contribution in [0.5, 0.6) is 0 Å². The zero-order valence-corrected chi connectivity index (χ0v) is 16.5. The largest absolute Gasteiger partial charge is 0.481 e. The minimum Gasteiger partial charge on any atom is -0.481 e. The molecule has 0 saturated heterocycles. The molecule has 0 aliphatic carbocycles. The molecule has 2 aromatic carbocycles. The SMILES string of the molecule is Cc1cccc(-c2cc(C(C=NCc3cccc(CC(=O)O)c3)=NN)nc(N)n2)c1. The van der Waals surface area contributed by atoms with E-state index in [4.69, 9.17) is 16.7 Å². The van der Waals surface area contributed by atoms with Crippen LogP contribution in [0.15, 0.2) is 64.7 Å². The van der Waals surface area contributed by atoms with Crippen molar-refractivity contribution in [1.82, 2.24) is 9.97 Å². The van der Waals surface area contributed by atoms with Crippen molar-refractivity contribution in [2.75, 3.05) is 5.73 Å². The van der Waals surface area contributed by atoms with Crippen LogP contribution in [0.1, 0.15) is 22.4 Å². The third kappa shape index (κ3) is 5.48. The molecular weight excluding hydrogens is 380 g/mol. The van der Waals surface area contributed by atoms with Crippen molar-refractivity contribution in [1.29, 1.82) is 0 Å². The third-order valence-corrected chi connectivity index (χ3v) is 4.29. The van der Waals surface area contributed by atoms with E-state index in [1.807, 2.05) is 43.3 Å². The predicted molar refractivity (Wildman–Crippen MR) is 117 cm³/mol. The Balaban J connectivity index is 1.80. The van der Waals surface area contributed by atoms with Gasteiger partial charge in [0.05, 0.1) is 30.6 Å². The fraction of sp³-hybridized carbons (Fsp3) is 0.136. The van der Waals surface area contributed by atoms with E-state index in [2.05, 4.69) is 20.1 Å². The van der Waals surface area contributed by atoms with Crippen LogP contribution in [0.2, 0.25) is 0 Å². The maximum Gasteiger partial charge on any atom is 0.307 e. The maximum absolute atomic E-state index is 10.9. The van der Waals surface area contributed by atoms with Crippen LogP contribution in [0.4, 0.5) is 5.95 Å². The number of benzene rings is 2. The predicted octanol–water partition coefficient (Wildman–Crippen LogP) is 2.60. The number of aliphatic carboxylic acids is 1. The second-order valence-corrected chi connectivity index (χ2v) is 6.74. The number of aryl methyl sites for hydroxylation is 1. The molecule has 3 aromatic rings. The summed E-state index contributed by atoms with van der Waals surface area (Å²) >= 11 is 0. The van der Waals surface area contributed by atoms with E-state index in [-0.39, 0.29) is 12.4 Å². The first kappa shape index (κ1) is 20.7. The quantitative estimate of drug-likeness (QED) is 0.315. The standard InChI is InChI=1S/C22H22N6O2/c1-14-4-2-7-17(8-14)18-11-19(27-22(23)26-18)20(28-24)13-25-12-16-6-3-5-15(9-16)10-21(29)30/h2-9,11,13H,10,12,24H2,1H3,(H,29,30)(H2,23,26,27). The Bertz CT molecular complexity index is 1120. The van der Waals surface area contributed by atoms with E-state index >= 15 is 0 Å². The van der Waals surface area contributed by atoms with Gasteiger partial charge in [-0.25, -0.2) is 9.97 Å². The van der Waals surface area contributed by atoms with E-state index in [0.29, 0.717) is 29.2 Å². The molecule has 0 aliphatic rings. The summed E-state index contributed by atoms with van der Waals surface area (Å²) in [7, 11) is 0. The summed E-state index contributed by atoms with van der Waals surface area (Å²) in [5, 5.41) is 12.7. The molecule has 5 N–H and O–H groups in total. The number of carboxylic acid groups (broad SMARTS) is 1. The normalized spacial score (nSPS) is 11.7. The topological polar surface area (TPSA) is 140 Å². The van der Waals surface area contributed by atoms with Gasteiger partial charge in [-0.05, 0) is 30.2 Å². The minimum atomic E-state index is -0.876. The van der Waals surface area contributed by atoms with Crippen LogP contribution in [0, 0.1) is 6.92 Å². The fourth-order valence-electron chi connectivity index (χ4n) is 2.97. The highest BCUT2D eigenvalue weighted by molar-refractivity contribution is 6.37. The van der Waals surface area contributed by atoms with E-state index in [1.165, 1.54) is 6.21 Å². The van der Waals surface area contributed by atoms with Crippen molar-refractivity contribution in [3.8, 4) is 11.3 Å². The molecule has 0 bridgehead atoms. The number of rotatable bonds is 7. The Labute approximate surface area is 174 Å². The van der Waals surface area contributed by atoms with E-state index in [1.54, 1.807) is 18.2 Å². The van der Waals surface area contributed by atoms with Crippen molar-refractivity contribution >= 4 is 23.8 Å². The van der Waals surface area contributed by atoms with Crippen molar-refractivity contribution in [3.05, 3.63) is 77.0 Å². The van der Waals surface area contributed by atoms with Crippen molar-refractivity contribution in [2.24, 2.45) is 15.9 Å². The number of anilines is 1. The monoisotopic (exact) mass is 402 g/mol. The molecule has 1 aromatic heterocycles. The lowest BCUT2D eigenvalue weighted by Gasteiger charge is -2.06. The smallest absolute Gasteiger partial charge is 0.307 e. The van der Waals surface area contributed by atoms with Crippen LogP contribution in [0.25, 0.3) is 11.3 Å². The molecular formula is C22H22N6O2. The average Bonchev–Trinajstić information content (AvgIpc) is 2.70. The summed E-state index contributed by atoms with van der Waals surface area (Å²) in [6.07, 6.45) is 1.49. The summed E-state index contributed by atoms with van der Waals surface area (Å²) < 4.78 is 0. The van der Waals surface area contributed by atoms with Gasteiger partial charge in [-0.3, -0.25) is 9.79 Å². The first-order valence-corrected chi connectivity index (χ1v) is 9.24. The molecule has 0 spiro atoms. The van der Waals surface area contributed by atoms with Gasteiger partial charge < -0.3 is 16.7 Å². The van der Waals surface area contributed by atoms with Gasteiger partial charge >= 0.3 is 5.97 Å². The average molecular weight is 402 g/mol. The zero-order valence-electron chi connectivity index (χ0n) is 16.5. The number of aliphatic imine (C=N–C) groups is 1. The molecule has 152 valence electrons. The number of carboxylic acids is 1. The van der Waals surface area contributed by atoms with E-state index in [0.717, 1.165) is 16.7 Å². The second-order valence-electron chi connectivity index (χ2n) is 6.74. The molecule has 30 heavy (non-hydrogen) atoms. The highest BCUT2D eigenvalue weighted by Gasteiger charge is 2.09. The van der Waals surface area contributed by atoms with E-state index in [9.17, 15) is 4.79 Å². The summed E-state index contributed by atoms with van der Waals surface area (Å²) in [6.45, 7) is 2.34. The van der Waals surface area contributed by atoms with Gasteiger partial charge in [0.15, 0.2) is 0 Å². The van der Waals surface area contributed by atoms with E-state index < -0.39 is 5.97 Å². The van der Waals surface area contributed by atoms with Gasteiger partial charge in [-0.1, -0.05) is 48.0 Å². The third-order valence-electron chi connectivity index (χ3n) is 4.29. The Morgan fingerprint density at radius 1 is 1.10 bits per heavy atom. The lowest BCUT2D eigenvalue weighted by atomic mass is 10.1. The fourth-order valence-corrected chi connectivity index (χ4v) is 2.97. The van der Waals surface area contributed by atoms with Gasteiger partial charge in [-0.2, -0.15) is 5.10 Å². The summed E-state index contributed by atoms with van der Waals surface area (Å²) in [4.78, 5) is 23.8. The van der Waals surface area contributed by atoms with Crippen molar-refractivity contribution < 1.29 is 9.90 Å². The van der Waals surface area contributed by atoms with Gasteiger partial charge in [0, 0.05) is 5.56 Å². The van der Waals surface area contributed by atoms with Crippen LogP contribution >= 0.6 is 0 Å². The lowest BCUT2D eigenvalue weighted by Crippen LogP contribution is -2.11. The van der Waals surface area contributed by atoms with Crippen LogP contribution in [-0.4, -0.2) is 33.0 Å². The molecule has 0 saturated carbocycles. The van der Waals surface area contributed by atoms with Gasteiger partial charge in [0.1, 0.15) is 5.71 Å². The van der Waals surface area contributed by atoms with Crippen LogP contribution in [0.3, 0.4) is 0 Å². The molecule has 0 fully saturated rings. The minimum absolute atomic E-state index is 0.0327. The van der Waals surface area contributed by atoms with Gasteiger partial charge in [-0.15, -0.1) is 0 Å². The van der Waals surface area contributed by atoms with Crippen molar-refractivity contribution in [2.45, 2.75) is 19.9 Å². The summed E-state index contributed by atoms with van der Waals surface area (Å²) in [5.41, 5.74) is 11.0. The van der Waals surface area contributed by atoms with Gasteiger partial charge in [0.25, 0.3) is 0 Å². The van der Waals surface area contributed by atoms with Crippen molar-refractivity contribution in [3.63, 3.8) is 0 Å². The number of nitrogens with zero attached hydrogens (tertiary/aromatic N) is 4. The number of hydrazone groups is 1. The molecule has 0 amide bonds. The van der Waals surface area contributed by atoms with Crippen LogP contribution < -0.4 is 11.6 Å². The summed E-state index contributed by atoms with van der Waals surface area (Å²) in [6, 6.07) is 16.9. The molecule has 0 unspecified atom stereocenters. The lowest BCUT2D eigenvalue weighted by molar-refractivity contribution is -0.136. The molecule has 0 atom stereocenters. The molecule has 8 nitrogen and oxygen atoms in total. The highest BCUT2D eigenvalue weighted by atomic mass is 16.4. The second kappa shape index (κ2) is 9.42. The zero-order chi connectivity index (χ0) is 21.5. The van der Waals surface area contributed by atoms with Crippen LogP contribution in [-0.2, 0) is 17.8 Å². The maximum atomic E-state index is 10.9. The van der Waals surface area contributed by atoms with Gasteiger partial charge in [0.2, 0.25) is 5.95 Å². The number of hydrogen-bond acceptors (Lipinski definition) is 7. The molecule has 3 rings (SSSR count). The molecule has 0 radical (unpaired) electrons.